The van der Waals surface area contributed by atoms with Crippen molar-refractivity contribution in [3.8, 4) is 17.2 Å². The normalized spacial score (nSPS) is 13.7. The van der Waals surface area contributed by atoms with Gasteiger partial charge in [0.15, 0.2) is 17.3 Å². The van der Waals surface area contributed by atoms with Gasteiger partial charge in [0.05, 0.1) is 21.3 Å². The summed E-state index contributed by atoms with van der Waals surface area (Å²) >= 11 is 0. The number of allylic oxidation sites excluding steroid dienone is 2. The Morgan fingerprint density at radius 2 is 1.74 bits per heavy atom. The lowest BCUT2D eigenvalue weighted by Gasteiger charge is -2.16. The number of hydrogen-bond acceptors (Lipinski definition) is 5. The van der Waals surface area contributed by atoms with Gasteiger partial charge in [-0.15, -0.1) is 0 Å². The zero-order valence-corrected chi connectivity index (χ0v) is 13.2. The highest BCUT2D eigenvalue weighted by Crippen LogP contribution is 2.45. The summed E-state index contributed by atoms with van der Waals surface area (Å²) in [6, 6.07) is 5.66. The average Bonchev–Trinajstić information content (AvgIpc) is 2.73. The minimum Gasteiger partial charge on any atom is -0.504 e. The van der Waals surface area contributed by atoms with Crippen molar-refractivity contribution in [3.63, 3.8) is 0 Å². The van der Waals surface area contributed by atoms with Gasteiger partial charge in [0, 0.05) is 11.8 Å². The second-order valence-corrected chi connectivity index (χ2v) is 5.22. The van der Waals surface area contributed by atoms with Gasteiger partial charge in [-0.1, -0.05) is 18.2 Å². The van der Waals surface area contributed by atoms with E-state index in [0.717, 1.165) is 21.9 Å². The molecule has 0 aliphatic heterocycles. The van der Waals surface area contributed by atoms with E-state index in [1.807, 2.05) is 12.1 Å². The van der Waals surface area contributed by atoms with Crippen molar-refractivity contribution < 1.29 is 24.4 Å². The van der Waals surface area contributed by atoms with Crippen LogP contribution in [0, 0.1) is 0 Å². The number of aliphatic hydroxyl groups excluding tert-OH is 1. The molecule has 0 unspecified atom stereocenters. The standard InChI is InChI=1S/C18H18O5/c1-21-14-8-10-4-5-11-9-15(22-2)17(20)18(23-3)16(11)12(10)6-7-13(14)19/h4-7,9,19-20H,8H2,1-3H3. The van der Waals surface area contributed by atoms with E-state index in [1.54, 1.807) is 18.2 Å². The minimum absolute atomic E-state index is 0.0438. The monoisotopic (exact) mass is 314 g/mol. The maximum atomic E-state index is 10.4. The molecule has 23 heavy (non-hydrogen) atoms. The number of phenols is 1. The molecule has 5 heteroatoms. The number of aliphatic hydroxyl groups is 1. The Morgan fingerprint density at radius 3 is 2.39 bits per heavy atom. The number of phenolic OH excluding ortho intramolecular Hbond substituents is 1. The van der Waals surface area contributed by atoms with Gasteiger partial charge >= 0.3 is 0 Å². The highest BCUT2D eigenvalue weighted by Gasteiger charge is 2.20. The van der Waals surface area contributed by atoms with Gasteiger partial charge in [0.1, 0.15) is 5.76 Å². The van der Waals surface area contributed by atoms with E-state index in [1.165, 1.54) is 21.3 Å². The van der Waals surface area contributed by atoms with Crippen LogP contribution in [0.2, 0.25) is 0 Å². The van der Waals surface area contributed by atoms with Crippen molar-refractivity contribution in [1.82, 2.24) is 0 Å². The number of aromatic hydroxyl groups is 1. The lowest BCUT2D eigenvalue weighted by Crippen LogP contribution is -1.99. The Balaban J connectivity index is 2.34. The van der Waals surface area contributed by atoms with Crippen LogP contribution in [-0.2, 0) is 11.2 Å². The van der Waals surface area contributed by atoms with Crippen LogP contribution in [0.15, 0.2) is 35.8 Å². The summed E-state index contributed by atoms with van der Waals surface area (Å²) in [7, 11) is 4.53. The van der Waals surface area contributed by atoms with Gasteiger partial charge < -0.3 is 24.4 Å². The van der Waals surface area contributed by atoms with E-state index in [4.69, 9.17) is 14.2 Å². The number of fused-ring (bicyclic) bond motifs is 3. The fourth-order valence-corrected chi connectivity index (χ4v) is 2.89. The van der Waals surface area contributed by atoms with Gasteiger partial charge in [-0.05, 0) is 28.7 Å². The molecule has 3 rings (SSSR count). The van der Waals surface area contributed by atoms with E-state index in [0.29, 0.717) is 23.7 Å². The van der Waals surface area contributed by atoms with Crippen LogP contribution in [0.5, 0.6) is 17.2 Å². The third-order valence-electron chi connectivity index (χ3n) is 4.05. The zero-order chi connectivity index (χ0) is 16.6. The number of rotatable bonds is 3. The Bertz CT molecular complexity index is 833. The van der Waals surface area contributed by atoms with Gasteiger partial charge in [0.25, 0.3) is 0 Å². The van der Waals surface area contributed by atoms with Gasteiger partial charge in [-0.25, -0.2) is 0 Å². The Morgan fingerprint density at radius 1 is 0.957 bits per heavy atom. The molecule has 0 radical (unpaired) electrons. The van der Waals surface area contributed by atoms with E-state index in [-0.39, 0.29) is 11.5 Å². The van der Waals surface area contributed by atoms with Crippen LogP contribution in [-0.4, -0.2) is 31.5 Å². The molecule has 2 aromatic rings. The van der Waals surface area contributed by atoms with Gasteiger partial charge in [-0.3, -0.25) is 0 Å². The molecule has 2 aromatic carbocycles. The fraction of sp³-hybridized carbons (Fsp3) is 0.222. The third-order valence-corrected chi connectivity index (χ3v) is 4.05. The second kappa shape index (κ2) is 5.76. The molecule has 1 aliphatic rings. The zero-order valence-electron chi connectivity index (χ0n) is 13.2. The highest BCUT2D eigenvalue weighted by molar-refractivity contribution is 6.00. The number of benzene rings is 2. The van der Waals surface area contributed by atoms with Crippen molar-refractivity contribution >= 4 is 16.8 Å². The Hall–Kier alpha value is -2.82. The molecule has 0 amide bonds. The molecule has 0 saturated carbocycles. The first-order valence-corrected chi connectivity index (χ1v) is 7.14. The maximum absolute atomic E-state index is 10.4. The summed E-state index contributed by atoms with van der Waals surface area (Å²) in [4.78, 5) is 0. The minimum atomic E-state index is -0.0438. The van der Waals surface area contributed by atoms with E-state index >= 15 is 0 Å². The molecule has 0 bridgehead atoms. The highest BCUT2D eigenvalue weighted by atomic mass is 16.5. The van der Waals surface area contributed by atoms with Crippen LogP contribution >= 0.6 is 0 Å². The van der Waals surface area contributed by atoms with Crippen LogP contribution in [0.3, 0.4) is 0 Å². The molecule has 1 aliphatic carbocycles. The summed E-state index contributed by atoms with van der Waals surface area (Å²) in [6.07, 6.45) is 3.84. The molecule has 2 N–H and O–H groups in total. The summed E-state index contributed by atoms with van der Waals surface area (Å²) in [5, 5.41) is 22.0. The number of hydrogen-bond donors (Lipinski definition) is 2. The van der Waals surface area contributed by atoms with E-state index in [9.17, 15) is 10.2 Å². The largest absolute Gasteiger partial charge is 0.504 e. The Kier molecular flexibility index (Phi) is 3.78. The Labute approximate surface area is 134 Å². The van der Waals surface area contributed by atoms with Crippen molar-refractivity contribution in [2.45, 2.75) is 6.42 Å². The molecule has 120 valence electrons. The summed E-state index contributed by atoms with van der Waals surface area (Å²) in [5.74, 6) is 1.24. The third kappa shape index (κ3) is 2.34. The molecule has 0 heterocycles. The van der Waals surface area contributed by atoms with E-state index in [2.05, 4.69) is 0 Å². The first kappa shape index (κ1) is 15.1. The van der Waals surface area contributed by atoms with E-state index < -0.39 is 0 Å². The smallest absolute Gasteiger partial charge is 0.201 e. The second-order valence-electron chi connectivity index (χ2n) is 5.22. The predicted molar refractivity (Wildman–Crippen MR) is 88.1 cm³/mol. The fourth-order valence-electron chi connectivity index (χ4n) is 2.89. The van der Waals surface area contributed by atoms with Gasteiger partial charge in [-0.2, -0.15) is 0 Å². The average molecular weight is 314 g/mol. The van der Waals surface area contributed by atoms with Crippen LogP contribution in [0.4, 0.5) is 0 Å². The topological polar surface area (TPSA) is 68.2 Å². The quantitative estimate of drug-likeness (QED) is 0.907. The molecular formula is C18H18O5. The molecular weight excluding hydrogens is 296 g/mol. The van der Waals surface area contributed by atoms with Crippen molar-refractivity contribution in [3.05, 3.63) is 46.9 Å². The lowest BCUT2D eigenvalue weighted by molar-refractivity contribution is 0.253. The molecule has 0 atom stereocenters. The van der Waals surface area contributed by atoms with Crippen molar-refractivity contribution in [2.75, 3.05) is 21.3 Å². The van der Waals surface area contributed by atoms with Crippen molar-refractivity contribution in [1.29, 1.82) is 0 Å². The number of methoxy groups -OCH3 is 3. The predicted octanol–water partition coefficient (Wildman–Crippen LogP) is 3.55. The summed E-state index contributed by atoms with van der Waals surface area (Å²) < 4.78 is 15.9. The molecule has 0 spiro atoms. The molecule has 0 saturated heterocycles. The maximum Gasteiger partial charge on any atom is 0.201 e. The SMILES string of the molecule is COC1=C(O)C=Cc2c(ccc3cc(OC)c(O)c(OC)c23)C1. The molecule has 0 fully saturated rings. The first-order chi connectivity index (χ1) is 11.1. The number of ether oxygens (including phenoxy) is 3. The molecule has 0 aromatic heterocycles. The van der Waals surface area contributed by atoms with Crippen LogP contribution in [0.25, 0.3) is 16.8 Å². The summed E-state index contributed by atoms with van der Waals surface area (Å²) in [6.45, 7) is 0. The van der Waals surface area contributed by atoms with Crippen molar-refractivity contribution in [2.24, 2.45) is 0 Å². The molecule has 5 nitrogen and oxygen atoms in total. The van der Waals surface area contributed by atoms with Gasteiger partial charge in [0.2, 0.25) is 5.75 Å². The van der Waals surface area contributed by atoms with Crippen LogP contribution in [0.1, 0.15) is 11.1 Å². The van der Waals surface area contributed by atoms with Crippen LogP contribution < -0.4 is 9.47 Å². The summed E-state index contributed by atoms with van der Waals surface area (Å²) in [5.41, 5.74) is 1.84. The first-order valence-electron chi connectivity index (χ1n) is 7.14. The lowest BCUT2D eigenvalue weighted by atomic mass is 9.95.